The normalized spacial score (nSPS) is 13.4. The number of sulfonamides is 1. The molecular weight excluding hydrogens is 366 g/mol. The van der Waals surface area contributed by atoms with Crippen LogP contribution in [0.25, 0.3) is 0 Å². The van der Waals surface area contributed by atoms with E-state index in [1.165, 1.54) is 29.6 Å². The van der Waals surface area contributed by atoms with Gasteiger partial charge >= 0.3 is 5.97 Å². The lowest BCUT2D eigenvalue weighted by Crippen LogP contribution is -2.29. The second-order valence-corrected chi connectivity index (χ2v) is 7.68. The van der Waals surface area contributed by atoms with Crippen LogP contribution in [0.3, 0.4) is 0 Å². The van der Waals surface area contributed by atoms with Crippen LogP contribution < -0.4 is 9.04 Å². The van der Waals surface area contributed by atoms with Crippen molar-refractivity contribution in [1.29, 1.82) is 0 Å². The maximum atomic E-state index is 12.9. The second-order valence-electron chi connectivity index (χ2n) is 5.41. The van der Waals surface area contributed by atoms with Gasteiger partial charge in [-0.1, -0.05) is 29.8 Å². The van der Waals surface area contributed by atoms with E-state index in [1.807, 2.05) is 18.2 Å². The maximum absolute atomic E-state index is 12.9. The number of anilines is 1. The highest BCUT2D eigenvalue weighted by atomic mass is 35.5. The van der Waals surface area contributed by atoms with Gasteiger partial charge in [0, 0.05) is 6.54 Å². The molecule has 0 fully saturated rings. The first kappa shape index (κ1) is 17.6. The molecule has 6 nitrogen and oxygen atoms in total. The predicted octanol–water partition coefficient (Wildman–Crippen LogP) is 2.64. The maximum Gasteiger partial charge on any atom is 0.343 e. The summed E-state index contributed by atoms with van der Waals surface area (Å²) in [6.07, 6.45) is 0.670. The molecule has 0 spiro atoms. The molecule has 0 atom stereocenters. The fourth-order valence-corrected chi connectivity index (χ4v) is 4.47. The molecule has 3 rings (SSSR count). The smallest absolute Gasteiger partial charge is 0.343 e. The van der Waals surface area contributed by atoms with Crippen molar-refractivity contribution in [3.05, 3.63) is 53.1 Å². The van der Waals surface area contributed by atoms with Crippen LogP contribution in [0.2, 0.25) is 5.02 Å². The molecule has 0 aliphatic carbocycles. The number of para-hydroxylation sites is 1. The van der Waals surface area contributed by atoms with Gasteiger partial charge in [0.2, 0.25) is 0 Å². The van der Waals surface area contributed by atoms with E-state index in [-0.39, 0.29) is 22.3 Å². The van der Waals surface area contributed by atoms with Gasteiger partial charge in [0.1, 0.15) is 5.75 Å². The van der Waals surface area contributed by atoms with Crippen LogP contribution in [0.5, 0.6) is 5.75 Å². The largest absolute Gasteiger partial charge is 0.480 e. The minimum atomic E-state index is -3.73. The first-order valence-electron chi connectivity index (χ1n) is 7.53. The molecule has 0 amide bonds. The van der Waals surface area contributed by atoms with Crippen molar-refractivity contribution in [2.24, 2.45) is 0 Å². The molecule has 1 aliphatic heterocycles. The predicted molar refractivity (Wildman–Crippen MR) is 93.6 cm³/mol. The van der Waals surface area contributed by atoms with Gasteiger partial charge in [0.05, 0.1) is 22.7 Å². The summed E-state index contributed by atoms with van der Waals surface area (Å²) in [6.45, 7) is 0.0850. The number of hydrogen-bond acceptors (Lipinski definition) is 5. The standard InChI is InChI=1S/C17H16ClNO5S/c1-23-17(20)11-24-16-7-6-13(10-14(16)18)25(21,22)19-9-8-12-4-2-3-5-15(12)19/h2-7,10H,8-9,11H2,1H3. The van der Waals surface area contributed by atoms with Crippen molar-refractivity contribution in [2.45, 2.75) is 11.3 Å². The van der Waals surface area contributed by atoms with Gasteiger partial charge in [0.25, 0.3) is 10.0 Å². The molecule has 1 aliphatic rings. The van der Waals surface area contributed by atoms with E-state index in [2.05, 4.69) is 4.74 Å². The molecule has 0 N–H and O–H groups in total. The summed E-state index contributed by atoms with van der Waals surface area (Å²) in [6, 6.07) is 11.6. The Hall–Kier alpha value is -2.25. The summed E-state index contributed by atoms with van der Waals surface area (Å²) in [5.41, 5.74) is 1.68. The number of nitrogens with zero attached hydrogens (tertiary/aromatic N) is 1. The van der Waals surface area contributed by atoms with Gasteiger partial charge in [-0.05, 0) is 36.2 Å². The average Bonchev–Trinajstić information content (AvgIpc) is 3.05. The summed E-state index contributed by atoms with van der Waals surface area (Å²) >= 11 is 6.11. The van der Waals surface area contributed by atoms with E-state index in [9.17, 15) is 13.2 Å². The summed E-state index contributed by atoms with van der Waals surface area (Å²) in [5.74, 6) is -0.339. The highest BCUT2D eigenvalue weighted by Crippen LogP contribution is 2.34. The Morgan fingerprint density at radius 3 is 2.72 bits per heavy atom. The zero-order chi connectivity index (χ0) is 18.0. The molecule has 0 aromatic heterocycles. The zero-order valence-corrected chi connectivity index (χ0v) is 15.0. The Balaban J connectivity index is 1.86. The molecule has 0 saturated carbocycles. The van der Waals surface area contributed by atoms with E-state index < -0.39 is 16.0 Å². The number of benzene rings is 2. The Labute approximate surface area is 151 Å². The highest BCUT2D eigenvalue weighted by Gasteiger charge is 2.31. The molecule has 2 aromatic carbocycles. The zero-order valence-electron chi connectivity index (χ0n) is 13.4. The number of esters is 1. The fraction of sp³-hybridized carbons (Fsp3) is 0.235. The molecule has 0 unspecified atom stereocenters. The monoisotopic (exact) mass is 381 g/mol. The number of carbonyl (C=O) groups excluding carboxylic acids is 1. The molecule has 0 saturated heterocycles. The van der Waals surface area contributed by atoms with Gasteiger partial charge in [-0.25, -0.2) is 13.2 Å². The third-order valence-electron chi connectivity index (χ3n) is 3.91. The quantitative estimate of drug-likeness (QED) is 0.744. The average molecular weight is 382 g/mol. The van der Waals surface area contributed by atoms with Crippen LogP contribution in [0.15, 0.2) is 47.4 Å². The van der Waals surface area contributed by atoms with Crippen LogP contribution in [0.1, 0.15) is 5.56 Å². The van der Waals surface area contributed by atoms with Crippen LogP contribution in [-0.4, -0.2) is 34.6 Å². The van der Waals surface area contributed by atoms with Crippen LogP contribution in [0.4, 0.5) is 5.69 Å². The van der Waals surface area contributed by atoms with E-state index >= 15 is 0 Å². The van der Waals surface area contributed by atoms with E-state index in [4.69, 9.17) is 16.3 Å². The number of rotatable bonds is 5. The van der Waals surface area contributed by atoms with Crippen LogP contribution in [0, 0.1) is 0 Å². The van der Waals surface area contributed by atoms with E-state index in [0.717, 1.165) is 5.56 Å². The van der Waals surface area contributed by atoms with Crippen molar-refractivity contribution >= 4 is 33.3 Å². The Morgan fingerprint density at radius 2 is 2.00 bits per heavy atom. The van der Waals surface area contributed by atoms with Crippen molar-refractivity contribution in [1.82, 2.24) is 0 Å². The molecular formula is C17H16ClNO5S. The van der Waals surface area contributed by atoms with Crippen molar-refractivity contribution < 1.29 is 22.7 Å². The molecule has 0 radical (unpaired) electrons. The third kappa shape index (κ3) is 3.43. The van der Waals surface area contributed by atoms with Crippen molar-refractivity contribution in [3.63, 3.8) is 0 Å². The molecule has 25 heavy (non-hydrogen) atoms. The molecule has 2 aromatic rings. The molecule has 132 valence electrons. The lowest BCUT2D eigenvalue weighted by Gasteiger charge is -2.20. The number of hydrogen-bond donors (Lipinski definition) is 0. The van der Waals surface area contributed by atoms with Gasteiger partial charge in [-0.15, -0.1) is 0 Å². The summed E-state index contributed by atoms with van der Waals surface area (Å²) in [4.78, 5) is 11.2. The van der Waals surface area contributed by atoms with Gasteiger partial charge in [0.15, 0.2) is 6.61 Å². The highest BCUT2D eigenvalue weighted by molar-refractivity contribution is 7.92. The van der Waals surface area contributed by atoms with Gasteiger partial charge in [-0.3, -0.25) is 4.31 Å². The van der Waals surface area contributed by atoms with Crippen molar-refractivity contribution in [2.75, 3.05) is 24.6 Å². The summed E-state index contributed by atoms with van der Waals surface area (Å²) in [7, 11) is -2.48. The number of ether oxygens (including phenoxy) is 2. The first-order chi connectivity index (χ1) is 11.9. The SMILES string of the molecule is COC(=O)COc1ccc(S(=O)(=O)N2CCc3ccccc32)cc1Cl. The number of fused-ring (bicyclic) bond motifs is 1. The summed E-state index contributed by atoms with van der Waals surface area (Å²) < 4.78 is 36.9. The Bertz CT molecular complexity index is 913. The molecule has 8 heteroatoms. The lowest BCUT2D eigenvalue weighted by molar-refractivity contribution is -0.142. The fourth-order valence-electron chi connectivity index (χ4n) is 2.64. The topological polar surface area (TPSA) is 72.9 Å². The number of methoxy groups -OCH3 is 1. The van der Waals surface area contributed by atoms with Gasteiger partial charge < -0.3 is 9.47 Å². The minimum Gasteiger partial charge on any atom is -0.480 e. The number of carbonyl (C=O) groups is 1. The van der Waals surface area contributed by atoms with Crippen LogP contribution >= 0.6 is 11.6 Å². The first-order valence-corrected chi connectivity index (χ1v) is 9.35. The van der Waals surface area contributed by atoms with Crippen LogP contribution in [-0.2, 0) is 26.0 Å². The summed E-state index contributed by atoms with van der Waals surface area (Å²) in [5, 5.41) is 0.109. The number of halogens is 1. The Morgan fingerprint density at radius 1 is 1.24 bits per heavy atom. The molecule has 0 bridgehead atoms. The second kappa shape index (κ2) is 6.93. The van der Waals surface area contributed by atoms with Gasteiger partial charge in [-0.2, -0.15) is 0 Å². The molecule has 1 heterocycles. The third-order valence-corrected chi connectivity index (χ3v) is 6.01. The Kier molecular flexibility index (Phi) is 4.87. The lowest BCUT2D eigenvalue weighted by atomic mass is 10.2. The van der Waals surface area contributed by atoms with E-state index in [1.54, 1.807) is 6.07 Å². The van der Waals surface area contributed by atoms with E-state index in [0.29, 0.717) is 18.7 Å². The van der Waals surface area contributed by atoms with Crippen molar-refractivity contribution in [3.8, 4) is 5.75 Å². The minimum absolute atomic E-state index is 0.0691.